The zero-order chi connectivity index (χ0) is 24.5. The molecule has 2 aliphatic carbocycles. The second kappa shape index (κ2) is 10.3. The lowest BCUT2D eigenvalue weighted by Gasteiger charge is -2.50. The third kappa shape index (κ3) is 4.71. The molecule has 2 aromatic rings. The lowest BCUT2D eigenvalue weighted by Crippen LogP contribution is -2.53. The normalized spacial score (nSPS) is 25.4. The fourth-order valence-electron chi connectivity index (χ4n) is 7.02. The molecule has 2 aliphatic rings. The molecule has 34 heavy (non-hydrogen) atoms. The number of rotatable bonds is 7. The van der Waals surface area contributed by atoms with Crippen LogP contribution in [0.25, 0.3) is 0 Å². The number of nitrogens with zero attached hydrogens (tertiary/aromatic N) is 1. The number of hydrogen-bond donors (Lipinski definition) is 1. The van der Waals surface area contributed by atoms with E-state index in [1.807, 2.05) is 24.3 Å². The molecule has 0 amide bonds. The van der Waals surface area contributed by atoms with Crippen molar-refractivity contribution < 1.29 is 9.90 Å². The monoisotopic (exact) mass is 483 g/mol. The van der Waals surface area contributed by atoms with Gasteiger partial charge in [0.25, 0.3) is 5.56 Å². The van der Waals surface area contributed by atoms with Gasteiger partial charge in [-0.2, -0.15) is 0 Å². The highest BCUT2D eigenvalue weighted by atomic mass is 35.5. The number of carboxylic acid groups (broad SMARTS) is 1. The van der Waals surface area contributed by atoms with Crippen LogP contribution in [0.3, 0.4) is 0 Å². The third-order valence-electron chi connectivity index (χ3n) is 8.69. The number of carbonyl (C=O) groups is 1. The van der Waals surface area contributed by atoms with E-state index in [0.29, 0.717) is 29.3 Å². The molecule has 4 nitrogen and oxygen atoms in total. The first kappa shape index (κ1) is 25.0. The van der Waals surface area contributed by atoms with Crippen molar-refractivity contribution in [1.82, 2.24) is 4.57 Å². The van der Waals surface area contributed by atoms with E-state index < -0.39 is 11.4 Å². The number of halogens is 1. The second-order valence-electron chi connectivity index (χ2n) is 11.1. The van der Waals surface area contributed by atoms with Crippen molar-refractivity contribution in [3.63, 3.8) is 0 Å². The van der Waals surface area contributed by atoms with Crippen molar-refractivity contribution in [2.45, 2.75) is 77.7 Å². The molecule has 5 heteroatoms. The Kier molecular flexibility index (Phi) is 7.57. The molecule has 0 spiro atoms. The van der Waals surface area contributed by atoms with E-state index in [2.05, 4.69) is 20.8 Å². The van der Waals surface area contributed by atoms with Gasteiger partial charge in [-0.1, -0.05) is 75.9 Å². The molecule has 0 bridgehead atoms. The molecule has 184 valence electrons. The SMILES string of the molecule is CC(C)[C@@H]1CC[C@@H](C)C[C@H]1[C@](C(=O)O)(c1ccc(Cn2cc(Cl)ccc2=O)cc1)C1CCCC1. The Morgan fingerprint density at radius 1 is 1.09 bits per heavy atom. The Balaban J connectivity index is 1.76. The standard InChI is InChI=1S/C29H38ClNO3/c1-19(2)25-14-8-20(3)16-26(25)29(28(33)34,22-6-4-5-7-22)23-11-9-21(10-12-23)17-31-18-24(30)13-15-27(31)32/h9-13,15,18-20,22,25-26H,4-8,14,16-17H2,1-3H3,(H,33,34)/t20-,25+,26-,29-/m1/s1. The molecule has 0 aliphatic heterocycles. The van der Waals surface area contributed by atoms with Crippen molar-refractivity contribution in [3.8, 4) is 0 Å². The lowest BCUT2D eigenvalue weighted by molar-refractivity contribution is -0.153. The summed E-state index contributed by atoms with van der Waals surface area (Å²) in [7, 11) is 0. The summed E-state index contributed by atoms with van der Waals surface area (Å²) < 4.78 is 1.59. The van der Waals surface area contributed by atoms with Gasteiger partial charge < -0.3 is 9.67 Å². The van der Waals surface area contributed by atoms with Gasteiger partial charge in [0.1, 0.15) is 0 Å². The summed E-state index contributed by atoms with van der Waals surface area (Å²) >= 11 is 6.09. The van der Waals surface area contributed by atoms with Gasteiger partial charge in [-0.05, 0) is 72.5 Å². The number of benzene rings is 1. The first-order chi connectivity index (χ1) is 16.2. The Bertz CT molecular complexity index is 1050. The van der Waals surface area contributed by atoms with Crippen LogP contribution in [0.15, 0.2) is 47.4 Å². The molecule has 0 radical (unpaired) electrons. The van der Waals surface area contributed by atoms with Gasteiger partial charge in [-0.15, -0.1) is 0 Å². The minimum absolute atomic E-state index is 0.102. The Labute approximate surface area is 208 Å². The van der Waals surface area contributed by atoms with Gasteiger partial charge in [0.2, 0.25) is 0 Å². The van der Waals surface area contributed by atoms with Crippen LogP contribution in [-0.4, -0.2) is 15.6 Å². The topological polar surface area (TPSA) is 59.3 Å². The van der Waals surface area contributed by atoms with E-state index in [0.717, 1.165) is 49.7 Å². The van der Waals surface area contributed by atoms with Gasteiger partial charge >= 0.3 is 5.97 Å². The highest BCUT2D eigenvalue weighted by Crippen LogP contribution is 2.55. The molecule has 0 unspecified atom stereocenters. The molecule has 2 fully saturated rings. The fraction of sp³-hybridized carbons (Fsp3) is 0.586. The molecular formula is C29H38ClNO3. The average Bonchev–Trinajstić information content (AvgIpc) is 3.32. The Morgan fingerprint density at radius 3 is 2.38 bits per heavy atom. The van der Waals surface area contributed by atoms with Crippen molar-refractivity contribution >= 4 is 17.6 Å². The minimum atomic E-state index is -0.856. The van der Waals surface area contributed by atoms with E-state index in [9.17, 15) is 14.7 Å². The number of carboxylic acids is 1. The molecule has 4 rings (SSSR count). The molecule has 1 heterocycles. The molecular weight excluding hydrogens is 446 g/mol. The quantitative estimate of drug-likeness (QED) is 0.472. The first-order valence-corrected chi connectivity index (χ1v) is 13.3. The van der Waals surface area contributed by atoms with Crippen LogP contribution in [0, 0.1) is 29.6 Å². The maximum atomic E-state index is 13.4. The summed E-state index contributed by atoms with van der Waals surface area (Å²) in [5.74, 6) is 1.09. The van der Waals surface area contributed by atoms with E-state index in [-0.39, 0.29) is 17.4 Å². The molecule has 0 saturated heterocycles. The largest absolute Gasteiger partial charge is 0.481 e. The van der Waals surface area contributed by atoms with Crippen LogP contribution in [0.2, 0.25) is 5.02 Å². The smallest absolute Gasteiger partial charge is 0.314 e. The van der Waals surface area contributed by atoms with Gasteiger partial charge in [0.05, 0.1) is 17.0 Å². The van der Waals surface area contributed by atoms with Gasteiger partial charge in [0.15, 0.2) is 0 Å². The maximum Gasteiger partial charge on any atom is 0.314 e. The predicted octanol–water partition coefficient (Wildman–Crippen LogP) is 6.77. The highest BCUT2D eigenvalue weighted by molar-refractivity contribution is 6.30. The van der Waals surface area contributed by atoms with Gasteiger partial charge in [-0.25, -0.2) is 0 Å². The van der Waals surface area contributed by atoms with Crippen LogP contribution in [0.4, 0.5) is 0 Å². The summed E-state index contributed by atoms with van der Waals surface area (Å²) in [6, 6.07) is 11.2. The minimum Gasteiger partial charge on any atom is -0.481 e. The molecule has 1 aromatic carbocycles. The zero-order valence-electron chi connectivity index (χ0n) is 20.7. The number of pyridine rings is 1. The van der Waals surface area contributed by atoms with Crippen molar-refractivity contribution in [1.29, 1.82) is 0 Å². The van der Waals surface area contributed by atoms with Crippen LogP contribution in [0.1, 0.15) is 76.8 Å². The first-order valence-electron chi connectivity index (χ1n) is 12.9. The van der Waals surface area contributed by atoms with E-state index in [4.69, 9.17) is 11.6 Å². The van der Waals surface area contributed by atoms with Crippen LogP contribution in [-0.2, 0) is 16.8 Å². The average molecular weight is 484 g/mol. The van der Waals surface area contributed by atoms with E-state index in [1.165, 1.54) is 12.5 Å². The van der Waals surface area contributed by atoms with Crippen molar-refractivity contribution in [3.05, 3.63) is 69.1 Å². The van der Waals surface area contributed by atoms with Gasteiger partial charge in [0, 0.05) is 12.3 Å². The summed E-state index contributed by atoms with van der Waals surface area (Å²) in [4.78, 5) is 25.6. The molecule has 1 N–H and O–H groups in total. The Morgan fingerprint density at radius 2 is 1.76 bits per heavy atom. The summed E-state index contributed by atoms with van der Waals surface area (Å²) in [5, 5.41) is 11.5. The Hall–Kier alpha value is -2.07. The molecule has 4 atom stereocenters. The van der Waals surface area contributed by atoms with Gasteiger partial charge in [-0.3, -0.25) is 9.59 Å². The fourth-order valence-corrected chi connectivity index (χ4v) is 7.21. The van der Waals surface area contributed by atoms with Crippen LogP contribution < -0.4 is 5.56 Å². The summed E-state index contributed by atoms with van der Waals surface area (Å²) in [6.07, 6.45) is 9.13. The number of aromatic nitrogens is 1. The van der Waals surface area contributed by atoms with Crippen LogP contribution >= 0.6 is 11.6 Å². The molecule has 2 saturated carbocycles. The van der Waals surface area contributed by atoms with E-state index >= 15 is 0 Å². The predicted molar refractivity (Wildman–Crippen MR) is 137 cm³/mol. The highest BCUT2D eigenvalue weighted by Gasteiger charge is 2.56. The van der Waals surface area contributed by atoms with Crippen molar-refractivity contribution in [2.75, 3.05) is 0 Å². The van der Waals surface area contributed by atoms with E-state index in [1.54, 1.807) is 16.8 Å². The van der Waals surface area contributed by atoms with Crippen LogP contribution in [0.5, 0.6) is 0 Å². The third-order valence-corrected chi connectivity index (χ3v) is 8.92. The lowest BCUT2D eigenvalue weighted by atomic mass is 9.52. The summed E-state index contributed by atoms with van der Waals surface area (Å²) in [5.41, 5.74) is 0.955. The summed E-state index contributed by atoms with van der Waals surface area (Å²) in [6.45, 7) is 7.23. The zero-order valence-corrected chi connectivity index (χ0v) is 21.4. The molecule has 1 aromatic heterocycles. The number of aliphatic carboxylic acids is 1. The van der Waals surface area contributed by atoms with Crippen molar-refractivity contribution in [2.24, 2.45) is 29.6 Å². The maximum absolute atomic E-state index is 13.4. The number of hydrogen-bond acceptors (Lipinski definition) is 2. The second-order valence-corrected chi connectivity index (χ2v) is 11.5.